The first-order chi connectivity index (χ1) is 16.6. The van der Waals surface area contributed by atoms with E-state index in [2.05, 4.69) is 33.4 Å². The summed E-state index contributed by atoms with van der Waals surface area (Å²) in [6.07, 6.45) is 7.23. The van der Waals surface area contributed by atoms with Crippen molar-refractivity contribution in [1.29, 1.82) is 5.26 Å². The summed E-state index contributed by atoms with van der Waals surface area (Å²) in [5, 5.41) is 16.8. The van der Waals surface area contributed by atoms with Crippen LogP contribution < -0.4 is 10.1 Å². The molecule has 3 atom stereocenters. The van der Waals surface area contributed by atoms with E-state index in [0.29, 0.717) is 29.3 Å². The van der Waals surface area contributed by atoms with Crippen LogP contribution in [0.25, 0.3) is 16.6 Å². The van der Waals surface area contributed by atoms with Gasteiger partial charge >= 0.3 is 0 Å². The Morgan fingerprint density at radius 3 is 2.76 bits per heavy atom. The Morgan fingerprint density at radius 1 is 1.24 bits per heavy atom. The van der Waals surface area contributed by atoms with E-state index < -0.39 is 0 Å². The van der Waals surface area contributed by atoms with E-state index in [1.165, 1.54) is 0 Å². The first-order valence-corrected chi connectivity index (χ1v) is 11.7. The van der Waals surface area contributed by atoms with Gasteiger partial charge in [0.05, 0.1) is 24.9 Å². The minimum Gasteiger partial charge on any atom is -0.488 e. The highest BCUT2D eigenvalue weighted by Crippen LogP contribution is 2.35. The molecule has 2 saturated heterocycles. The zero-order valence-corrected chi connectivity index (χ0v) is 19.0. The second-order valence-electron chi connectivity index (χ2n) is 9.48. The molecule has 34 heavy (non-hydrogen) atoms. The van der Waals surface area contributed by atoms with Gasteiger partial charge in [0, 0.05) is 48.7 Å². The van der Waals surface area contributed by atoms with Crippen LogP contribution in [0.3, 0.4) is 0 Å². The van der Waals surface area contributed by atoms with Crippen LogP contribution in [0, 0.1) is 17.2 Å². The van der Waals surface area contributed by atoms with E-state index in [1.807, 2.05) is 24.4 Å². The minimum atomic E-state index is 0.0282. The molecule has 3 aromatic rings. The summed E-state index contributed by atoms with van der Waals surface area (Å²) in [7, 11) is 2.16. The highest BCUT2D eigenvalue weighted by atomic mass is 16.5. The van der Waals surface area contributed by atoms with Gasteiger partial charge in [-0.25, -0.2) is 9.50 Å². The molecule has 5 heterocycles. The van der Waals surface area contributed by atoms with Crippen LogP contribution in [-0.4, -0.2) is 63.9 Å². The summed E-state index contributed by atoms with van der Waals surface area (Å²) < 4.78 is 14.0. The third-order valence-corrected chi connectivity index (χ3v) is 7.09. The smallest absolute Gasteiger partial charge is 0.228 e. The van der Waals surface area contributed by atoms with Crippen molar-refractivity contribution in [3.05, 3.63) is 42.4 Å². The number of nitrogens with one attached hydrogen (secondary N) is 1. The van der Waals surface area contributed by atoms with E-state index in [4.69, 9.17) is 9.47 Å². The van der Waals surface area contributed by atoms with Crippen molar-refractivity contribution in [3.63, 3.8) is 0 Å². The summed E-state index contributed by atoms with van der Waals surface area (Å²) in [5.41, 5.74) is 2.90. The summed E-state index contributed by atoms with van der Waals surface area (Å²) in [6, 6.07) is 10.4. The number of piperidine rings is 1. The summed E-state index contributed by atoms with van der Waals surface area (Å²) in [4.78, 5) is 18.8. The number of hydrogen-bond donors (Lipinski definition) is 1. The molecule has 1 saturated carbocycles. The molecule has 9 heteroatoms. The summed E-state index contributed by atoms with van der Waals surface area (Å²) >= 11 is 0. The average molecular weight is 459 g/mol. The number of amides is 1. The number of carbonyl (C=O) groups excluding carboxylic acids is 1. The molecule has 2 unspecified atom stereocenters. The lowest BCUT2D eigenvalue weighted by Gasteiger charge is -2.46. The molecule has 9 nitrogen and oxygen atoms in total. The Bertz CT molecular complexity index is 1280. The molecule has 0 spiro atoms. The first-order valence-electron chi connectivity index (χ1n) is 11.7. The van der Waals surface area contributed by atoms with Gasteiger partial charge in [-0.15, -0.1) is 0 Å². The van der Waals surface area contributed by atoms with E-state index in [9.17, 15) is 10.1 Å². The molecular weight excluding hydrogens is 432 g/mol. The number of pyridine rings is 2. The zero-order valence-electron chi connectivity index (χ0n) is 19.0. The maximum Gasteiger partial charge on any atom is 0.228 e. The lowest BCUT2D eigenvalue weighted by atomic mass is 9.92. The molecule has 0 aromatic carbocycles. The van der Waals surface area contributed by atoms with Gasteiger partial charge in [-0.3, -0.25) is 9.69 Å². The fraction of sp³-hybridized carbons (Fsp3) is 0.440. The number of fused-ring (bicyclic) bond motifs is 3. The number of nitrogens with zero attached hydrogens (tertiary/aromatic N) is 5. The zero-order chi connectivity index (χ0) is 23.2. The molecule has 2 bridgehead atoms. The number of anilines is 1. The third-order valence-electron chi connectivity index (χ3n) is 7.09. The quantitative estimate of drug-likeness (QED) is 0.627. The molecule has 2 aliphatic heterocycles. The standard InChI is InChI=1S/C25H26N6O3/c1-30-19-8-21(9-20(30)14-33-13-19)34-23-12-27-17(11-26)7-22(23)16-4-5-31-18(6-16)10-24(29-31)28-25(32)15-2-3-15/h4-7,10,12,15,19-21H,2-3,8-9,13-14H2,1H3,(H,28,29,32)/t19-,20?,21?/m1/s1. The maximum absolute atomic E-state index is 12.1. The molecule has 1 amide bonds. The number of nitriles is 1. The Morgan fingerprint density at radius 2 is 2.03 bits per heavy atom. The fourth-order valence-corrected chi connectivity index (χ4v) is 4.94. The van der Waals surface area contributed by atoms with E-state index in [-0.39, 0.29) is 17.9 Å². The van der Waals surface area contributed by atoms with Gasteiger partial charge in [-0.1, -0.05) is 0 Å². The van der Waals surface area contributed by atoms with Gasteiger partial charge in [0.25, 0.3) is 0 Å². The van der Waals surface area contributed by atoms with Crippen LogP contribution >= 0.6 is 0 Å². The van der Waals surface area contributed by atoms with Crippen molar-refractivity contribution in [3.8, 4) is 22.9 Å². The van der Waals surface area contributed by atoms with E-state index in [0.717, 1.165) is 55.5 Å². The second-order valence-corrected chi connectivity index (χ2v) is 9.48. The predicted octanol–water partition coefficient (Wildman–Crippen LogP) is 2.86. The van der Waals surface area contributed by atoms with Crippen molar-refractivity contribution in [2.75, 3.05) is 25.6 Å². The lowest BCUT2D eigenvalue weighted by molar-refractivity contribution is -0.117. The largest absolute Gasteiger partial charge is 0.488 e. The van der Waals surface area contributed by atoms with Crippen LogP contribution in [0.1, 0.15) is 31.4 Å². The highest BCUT2D eigenvalue weighted by molar-refractivity contribution is 5.93. The summed E-state index contributed by atoms with van der Waals surface area (Å²) in [6.45, 7) is 1.45. The van der Waals surface area contributed by atoms with Gasteiger partial charge in [-0.2, -0.15) is 10.4 Å². The molecule has 6 rings (SSSR count). The Balaban J connectivity index is 1.29. The number of carbonyl (C=O) groups is 1. The van der Waals surface area contributed by atoms with Crippen LogP contribution in [-0.2, 0) is 9.53 Å². The Labute approximate surface area is 197 Å². The number of aromatic nitrogens is 3. The van der Waals surface area contributed by atoms with Crippen molar-refractivity contribution in [1.82, 2.24) is 19.5 Å². The van der Waals surface area contributed by atoms with Crippen LogP contribution in [0.15, 0.2) is 36.7 Å². The van der Waals surface area contributed by atoms with Gasteiger partial charge in [0.15, 0.2) is 5.82 Å². The minimum absolute atomic E-state index is 0.0282. The number of likely N-dealkylation sites (N-methyl/N-ethyl adjacent to an activating group) is 1. The van der Waals surface area contributed by atoms with Gasteiger partial charge < -0.3 is 14.8 Å². The van der Waals surface area contributed by atoms with E-state index >= 15 is 0 Å². The fourth-order valence-electron chi connectivity index (χ4n) is 4.94. The van der Waals surface area contributed by atoms with Crippen molar-refractivity contribution in [2.24, 2.45) is 5.92 Å². The highest BCUT2D eigenvalue weighted by Gasteiger charge is 2.38. The van der Waals surface area contributed by atoms with Crippen molar-refractivity contribution >= 4 is 17.2 Å². The van der Waals surface area contributed by atoms with Crippen LogP contribution in [0.2, 0.25) is 0 Å². The van der Waals surface area contributed by atoms with E-state index in [1.54, 1.807) is 16.8 Å². The normalized spacial score (nSPS) is 24.5. The van der Waals surface area contributed by atoms with Crippen molar-refractivity contribution < 1.29 is 14.3 Å². The number of morpholine rings is 1. The maximum atomic E-state index is 12.1. The summed E-state index contributed by atoms with van der Waals surface area (Å²) in [5.74, 6) is 1.35. The SMILES string of the molecule is CN1C2COC[C@H]1CC(Oc1cnc(C#N)cc1-c1ccn3nc(NC(=O)C4CC4)cc3c1)C2. The molecule has 3 aliphatic rings. The molecule has 3 fully saturated rings. The van der Waals surface area contributed by atoms with Gasteiger partial charge in [0.2, 0.25) is 5.91 Å². The Hall–Kier alpha value is -3.48. The number of hydrogen-bond acceptors (Lipinski definition) is 7. The molecule has 174 valence electrons. The lowest BCUT2D eigenvalue weighted by Crippen LogP contribution is -2.57. The van der Waals surface area contributed by atoms with Crippen LogP contribution in [0.4, 0.5) is 5.82 Å². The average Bonchev–Trinajstić information content (AvgIpc) is 3.60. The molecule has 0 radical (unpaired) electrons. The second kappa shape index (κ2) is 8.38. The van der Waals surface area contributed by atoms with Gasteiger partial charge in [-0.05, 0) is 43.7 Å². The number of rotatable bonds is 5. The molecule has 1 N–H and O–H groups in total. The predicted molar refractivity (Wildman–Crippen MR) is 124 cm³/mol. The molecule has 3 aromatic heterocycles. The molecule has 1 aliphatic carbocycles. The Kier molecular flexibility index (Phi) is 5.20. The molecular formula is C25H26N6O3. The van der Waals surface area contributed by atoms with Crippen molar-refractivity contribution in [2.45, 2.75) is 43.9 Å². The third kappa shape index (κ3) is 4.00. The number of ether oxygens (including phenoxy) is 2. The monoisotopic (exact) mass is 458 g/mol. The van der Waals surface area contributed by atoms with Crippen LogP contribution in [0.5, 0.6) is 5.75 Å². The van der Waals surface area contributed by atoms with Gasteiger partial charge in [0.1, 0.15) is 23.6 Å². The topological polar surface area (TPSA) is 105 Å². The first kappa shape index (κ1) is 21.1.